The minimum absolute atomic E-state index is 0.00541. The number of amides is 3. The van der Waals surface area contributed by atoms with E-state index in [1.165, 1.54) is 19.1 Å². The molecular formula is C21H33N7O7. The van der Waals surface area contributed by atoms with Crippen molar-refractivity contribution >= 4 is 29.7 Å². The average molecular weight is 496 g/mol. The maximum absolute atomic E-state index is 12.9. The van der Waals surface area contributed by atoms with Gasteiger partial charge in [-0.2, -0.15) is 0 Å². The highest BCUT2D eigenvalue weighted by Crippen LogP contribution is 2.12. The lowest BCUT2D eigenvalue weighted by Crippen LogP contribution is -2.59. The van der Waals surface area contributed by atoms with E-state index in [0.717, 1.165) is 0 Å². The first-order valence-corrected chi connectivity index (χ1v) is 10.8. The summed E-state index contributed by atoms with van der Waals surface area (Å²) in [6, 6.07) is 1.89. The predicted molar refractivity (Wildman–Crippen MR) is 126 cm³/mol. The van der Waals surface area contributed by atoms with Gasteiger partial charge in [-0.15, -0.1) is 0 Å². The lowest BCUT2D eigenvalue weighted by molar-refractivity contribution is -0.143. The third-order valence-corrected chi connectivity index (χ3v) is 4.84. The lowest BCUT2D eigenvalue weighted by Gasteiger charge is -2.26. The van der Waals surface area contributed by atoms with Crippen LogP contribution in [0.3, 0.4) is 0 Å². The number of hydrogen-bond donors (Lipinski definition) is 9. The number of nitrogens with two attached hydrogens (primary N) is 3. The minimum atomic E-state index is -1.51. The first-order chi connectivity index (χ1) is 16.4. The van der Waals surface area contributed by atoms with Gasteiger partial charge in [0, 0.05) is 13.0 Å². The maximum atomic E-state index is 12.9. The molecule has 0 aromatic heterocycles. The van der Waals surface area contributed by atoms with Gasteiger partial charge >= 0.3 is 5.97 Å². The van der Waals surface area contributed by atoms with Crippen LogP contribution in [0.25, 0.3) is 0 Å². The molecule has 0 bridgehead atoms. The number of phenolic OH excluding ortho intramolecular Hbond substituents is 1. The van der Waals surface area contributed by atoms with Gasteiger partial charge in [0.1, 0.15) is 23.9 Å². The van der Waals surface area contributed by atoms with Gasteiger partial charge < -0.3 is 48.5 Å². The van der Waals surface area contributed by atoms with Crippen LogP contribution in [0.15, 0.2) is 29.3 Å². The first-order valence-electron chi connectivity index (χ1n) is 10.8. The molecule has 4 unspecified atom stereocenters. The van der Waals surface area contributed by atoms with Crippen molar-refractivity contribution in [2.75, 3.05) is 13.1 Å². The highest BCUT2D eigenvalue weighted by atomic mass is 16.4. The van der Waals surface area contributed by atoms with E-state index in [4.69, 9.17) is 17.2 Å². The highest BCUT2D eigenvalue weighted by molar-refractivity contribution is 5.94. The number of nitrogens with one attached hydrogen (secondary N) is 3. The molecule has 0 aliphatic rings. The van der Waals surface area contributed by atoms with E-state index in [-0.39, 0.29) is 44.1 Å². The number of guanidine groups is 1. The van der Waals surface area contributed by atoms with Crippen LogP contribution < -0.4 is 33.2 Å². The quantitative estimate of drug-likeness (QED) is 0.0712. The zero-order valence-corrected chi connectivity index (χ0v) is 19.3. The van der Waals surface area contributed by atoms with E-state index < -0.39 is 47.9 Å². The molecule has 0 heterocycles. The van der Waals surface area contributed by atoms with Gasteiger partial charge in [0.2, 0.25) is 17.7 Å². The number of carboxylic acid groups (broad SMARTS) is 1. The van der Waals surface area contributed by atoms with E-state index in [1.54, 1.807) is 12.1 Å². The molecule has 194 valence electrons. The van der Waals surface area contributed by atoms with E-state index >= 15 is 0 Å². The fraction of sp³-hybridized carbons (Fsp3) is 0.476. The third kappa shape index (κ3) is 10.7. The van der Waals surface area contributed by atoms with Gasteiger partial charge in [-0.3, -0.25) is 19.4 Å². The number of rotatable bonds is 14. The molecule has 1 aromatic carbocycles. The van der Waals surface area contributed by atoms with Crippen LogP contribution in [0.5, 0.6) is 5.75 Å². The Kier molecular flexibility index (Phi) is 12.0. The van der Waals surface area contributed by atoms with Crippen molar-refractivity contribution in [3.05, 3.63) is 29.8 Å². The number of aliphatic carboxylic acids is 1. The normalized spacial score (nSPS) is 14.0. The second-order valence-electron chi connectivity index (χ2n) is 7.77. The van der Waals surface area contributed by atoms with Crippen molar-refractivity contribution in [3.63, 3.8) is 0 Å². The Bertz CT molecular complexity index is 902. The average Bonchev–Trinajstić information content (AvgIpc) is 2.79. The summed E-state index contributed by atoms with van der Waals surface area (Å²) in [6.45, 7) is 1.00. The second kappa shape index (κ2) is 14.4. The topological polar surface area (TPSA) is 255 Å². The molecule has 0 spiro atoms. The Morgan fingerprint density at radius 1 is 1.00 bits per heavy atom. The van der Waals surface area contributed by atoms with Crippen molar-refractivity contribution in [3.8, 4) is 5.75 Å². The van der Waals surface area contributed by atoms with E-state index in [2.05, 4.69) is 20.9 Å². The Morgan fingerprint density at radius 2 is 1.63 bits per heavy atom. The molecule has 0 saturated heterocycles. The van der Waals surface area contributed by atoms with Crippen molar-refractivity contribution in [1.82, 2.24) is 16.0 Å². The number of carbonyl (C=O) groups is 4. The maximum Gasteiger partial charge on any atom is 0.326 e. The van der Waals surface area contributed by atoms with Crippen LogP contribution in [0.1, 0.15) is 25.3 Å². The summed E-state index contributed by atoms with van der Waals surface area (Å²) in [5.41, 5.74) is 16.3. The Hall–Kier alpha value is -3.91. The number of carbonyl (C=O) groups excluding carboxylic acids is 3. The number of carboxylic acids is 1. The van der Waals surface area contributed by atoms with E-state index in [1.807, 2.05) is 0 Å². The fourth-order valence-corrected chi connectivity index (χ4v) is 3.01. The lowest BCUT2D eigenvalue weighted by atomic mass is 10.0. The molecule has 3 amide bonds. The van der Waals surface area contributed by atoms with Crippen LogP contribution >= 0.6 is 0 Å². The van der Waals surface area contributed by atoms with E-state index in [9.17, 15) is 34.5 Å². The Morgan fingerprint density at radius 3 is 2.14 bits per heavy atom. The molecule has 0 fully saturated rings. The smallest absolute Gasteiger partial charge is 0.326 e. The number of aromatic hydroxyl groups is 1. The monoisotopic (exact) mass is 495 g/mol. The summed E-state index contributed by atoms with van der Waals surface area (Å²) < 4.78 is 0. The van der Waals surface area contributed by atoms with Gasteiger partial charge in [-0.05, 0) is 37.5 Å². The zero-order valence-electron chi connectivity index (χ0n) is 19.3. The van der Waals surface area contributed by atoms with Crippen LogP contribution in [-0.4, -0.2) is 82.3 Å². The molecule has 1 rings (SSSR count). The summed E-state index contributed by atoms with van der Waals surface area (Å²) in [7, 11) is 0. The first kappa shape index (κ1) is 29.1. The number of nitrogens with zero attached hydrogens (tertiary/aromatic N) is 1. The van der Waals surface area contributed by atoms with Gasteiger partial charge in [-0.1, -0.05) is 12.1 Å². The number of phenols is 1. The Labute approximate surface area is 201 Å². The van der Waals surface area contributed by atoms with Gasteiger partial charge in [0.15, 0.2) is 5.96 Å². The molecule has 0 aliphatic carbocycles. The largest absolute Gasteiger partial charge is 0.508 e. The fourth-order valence-electron chi connectivity index (χ4n) is 3.01. The number of hydrogen-bond acceptors (Lipinski definition) is 8. The zero-order chi connectivity index (χ0) is 26.5. The Balaban J connectivity index is 2.94. The van der Waals surface area contributed by atoms with Crippen molar-refractivity contribution < 1.29 is 34.5 Å². The summed E-state index contributed by atoms with van der Waals surface area (Å²) >= 11 is 0. The summed E-state index contributed by atoms with van der Waals surface area (Å²) in [6.07, 6.45) is -1.15. The third-order valence-electron chi connectivity index (χ3n) is 4.84. The summed E-state index contributed by atoms with van der Waals surface area (Å²) in [5, 5.41) is 36.0. The van der Waals surface area contributed by atoms with Crippen LogP contribution in [0.4, 0.5) is 0 Å². The van der Waals surface area contributed by atoms with Crippen LogP contribution in [0.2, 0.25) is 0 Å². The number of aliphatic hydroxyl groups excluding tert-OH is 1. The van der Waals surface area contributed by atoms with Gasteiger partial charge in [-0.25, -0.2) is 4.79 Å². The number of aliphatic imine (C=N–C) groups is 1. The highest BCUT2D eigenvalue weighted by Gasteiger charge is 2.32. The SMILES string of the molecule is CC(O)C(NC(=O)C(Cc1ccc(O)cc1)NC(=O)CN)C(=O)NC(CCCN=C(N)N)C(=O)O. The molecule has 0 saturated carbocycles. The van der Waals surface area contributed by atoms with E-state index in [0.29, 0.717) is 5.56 Å². The molecule has 1 aromatic rings. The predicted octanol–water partition coefficient (Wildman–Crippen LogP) is -3.13. The molecule has 0 radical (unpaired) electrons. The van der Waals surface area contributed by atoms with Crippen molar-refractivity contribution in [2.45, 2.75) is 50.4 Å². The van der Waals surface area contributed by atoms with Crippen molar-refractivity contribution in [2.24, 2.45) is 22.2 Å². The van der Waals surface area contributed by atoms with Gasteiger partial charge in [0.05, 0.1) is 12.6 Å². The number of aliphatic hydroxyl groups is 1. The second-order valence-corrected chi connectivity index (χ2v) is 7.77. The van der Waals surface area contributed by atoms with Crippen LogP contribution in [0, 0.1) is 0 Å². The molecule has 0 aliphatic heterocycles. The summed E-state index contributed by atoms with van der Waals surface area (Å²) in [5.74, 6) is -3.83. The number of benzene rings is 1. The van der Waals surface area contributed by atoms with Crippen molar-refractivity contribution in [1.29, 1.82) is 0 Å². The molecular weight excluding hydrogens is 462 g/mol. The standard InChI is InChI=1S/C21H33N7O7/c1-11(29)17(19(33)27-14(20(34)35)3-2-8-25-21(23)24)28-18(32)15(26-16(31)10-22)9-12-4-6-13(30)7-5-12/h4-7,11,14-15,17,29-30H,2-3,8-10,22H2,1H3,(H,26,31)(H,27,33)(H,28,32)(H,34,35)(H4,23,24,25). The molecule has 35 heavy (non-hydrogen) atoms. The molecule has 14 nitrogen and oxygen atoms in total. The minimum Gasteiger partial charge on any atom is -0.508 e. The summed E-state index contributed by atoms with van der Waals surface area (Å²) in [4.78, 5) is 52.8. The van der Waals surface area contributed by atoms with Gasteiger partial charge in [0.25, 0.3) is 0 Å². The van der Waals surface area contributed by atoms with Crippen LogP contribution in [-0.2, 0) is 25.6 Å². The molecule has 12 N–H and O–H groups in total. The molecule has 14 heteroatoms. The molecule has 4 atom stereocenters.